The van der Waals surface area contributed by atoms with Gasteiger partial charge in [-0.25, -0.2) is 4.98 Å². The topological polar surface area (TPSA) is 12.9 Å². The van der Waals surface area contributed by atoms with Crippen molar-refractivity contribution < 1.29 is 0 Å². The number of allylic oxidation sites excluding steroid dienone is 1. The summed E-state index contributed by atoms with van der Waals surface area (Å²) in [4.78, 5) is 5.18. The molecule has 1 aliphatic carbocycles. The van der Waals surface area contributed by atoms with Gasteiger partial charge in [-0.3, -0.25) is 0 Å². The van der Waals surface area contributed by atoms with E-state index in [1.165, 1.54) is 71.6 Å². The minimum atomic E-state index is 0.477. The number of fused-ring (bicyclic) bond motifs is 6. The van der Waals surface area contributed by atoms with E-state index in [-0.39, 0.29) is 0 Å². The van der Waals surface area contributed by atoms with Gasteiger partial charge in [-0.1, -0.05) is 189 Å². The Morgan fingerprint density at radius 2 is 0.855 bits per heavy atom. The van der Waals surface area contributed by atoms with Gasteiger partial charge in [-0.2, -0.15) is 0 Å². The molecular weight excluding hydrogens is 663 g/mol. The maximum Gasteiger partial charge on any atom is 0.0715 e. The average molecular weight is 702 g/mol. The highest BCUT2D eigenvalue weighted by Gasteiger charge is 2.21. The number of pyridine rings is 1. The van der Waals surface area contributed by atoms with Gasteiger partial charge in [0.15, 0.2) is 0 Å². The first-order chi connectivity index (χ1) is 27.2. The Balaban J connectivity index is 1.15. The van der Waals surface area contributed by atoms with Crippen molar-refractivity contribution in [3.05, 3.63) is 205 Å². The molecule has 1 aliphatic rings. The molecule has 8 aromatic carbocycles. The average Bonchev–Trinajstić information content (AvgIpc) is 3.27. The van der Waals surface area contributed by atoms with E-state index in [2.05, 4.69) is 207 Å². The van der Waals surface area contributed by atoms with Gasteiger partial charge in [-0.05, 0) is 108 Å². The zero-order valence-electron chi connectivity index (χ0n) is 30.8. The summed E-state index contributed by atoms with van der Waals surface area (Å²) in [6.45, 7) is 2.37. The highest BCUT2D eigenvalue weighted by atomic mass is 14.7. The minimum absolute atomic E-state index is 0.477. The van der Waals surface area contributed by atoms with E-state index in [0.29, 0.717) is 5.92 Å². The summed E-state index contributed by atoms with van der Waals surface area (Å²) in [5, 5.41) is 5.33. The molecule has 1 aromatic heterocycles. The van der Waals surface area contributed by atoms with Gasteiger partial charge < -0.3 is 0 Å². The van der Waals surface area contributed by atoms with E-state index in [0.717, 1.165) is 34.5 Å². The van der Waals surface area contributed by atoms with Crippen molar-refractivity contribution in [3.8, 4) is 67.0 Å². The second-order valence-corrected chi connectivity index (χ2v) is 14.7. The summed E-state index contributed by atoms with van der Waals surface area (Å²) in [5.41, 5.74) is 16.6. The predicted molar refractivity (Wildman–Crippen MR) is 234 cm³/mol. The Kier molecular flexibility index (Phi) is 8.26. The first-order valence-electron chi connectivity index (χ1n) is 19.3. The van der Waals surface area contributed by atoms with E-state index in [1.807, 2.05) is 0 Å². The maximum atomic E-state index is 5.18. The SMILES string of the molecule is CC1CC=Cc2c1c1ccc(-c3ccccc3-c3ccccc3-c3ccccc3-c3cc(-c4ccccc4)nc(-c4ccccc4)c3)cc1c1ccccc21. The van der Waals surface area contributed by atoms with Crippen LogP contribution in [0.2, 0.25) is 0 Å². The molecule has 55 heavy (non-hydrogen) atoms. The molecule has 0 aliphatic heterocycles. The van der Waals surface area contributed by atoms with Crippen molar-refractivity contribution in [2.45, 2.75) is 19.3 Å². The lowest BCUT2D eigenvalue weighted by molar-refractivity contribution is 0.781. The van der Waals surface area contributed by atoms with Crippen molar-refractivity contribution in [1.82, 2.24) is 4.98 Å². The van der Waals surface area contributed by atoms with Crippen LogP contribution in [0.5, 0.6) is 0 Å². The first-order valence-corrected chi connectivity index (χ1v) is 19.3. The van der Waals surface area contributed by atoms with Crippen LogP contribution in [0.15, 0.2) is 194 Å². The Labute approximate surface area is 322 Å². The molecule has 1 unspecified atom stereocenters. The van der Waals surface area contributed by atoms with Crippen LogP contribution in [-0.2, 0) is 0 Å². The fraction of sp³-hybridized carbons (Fsp3) is 0.0556. The molecule has 10 rings (SSSR count). The third-order valence-corrected chi connectivity index (χ3v) is 11.3. The number of hydrogen-bond donors (Lipinski definition) is 0. The van der Waals surface area contributed by atoms with Gasteiger partial charge in [0, 0.05) is 11.1 Å². The monoisotopic (exact) mass is 701 g/mol. The van der Waals surface area contributed by atoms with Crippen LogP contribution in [0.3, 0.4) is 0 Å². The highest BCUT2D eigenvalue weighted by Crippen LogP contribution is 2.45. The summed E-state index contributed by atoms with van der Waals surface area (Å²) < 4.78 is 0. The molecule has 9 aromatic rings. The van der Waals surface area contributed by atoms with E-state index < -0.39 is 0 Å². The van der Waals surface area contributed by atoms with Crippen molar-refractivity contribution in [2.24, 2.45) is 0 Å². The second kappa shape index (κ2) is 13.9. The Morgan fingerprint density at radius 3 is 1.44 bits per heavy atom. The lowest BCUT2D eigenvalue weighted by atomic mass is 9.80. The zero-order chi connectivity index (χ0) is 36.7. The molecule has 1 atom stereocenters. The van der Waals surface area contributed by atoms with E-state index in [9.17, 15) is 0 Å². The normalized spacial score (nSPS) is 13.6. The molecule has 1 heterocycles. The maximum absolute atomic E-state index is 5.18. The van der Waals surface area contributed by atoms with Gasteiger partial charge in [0.1, 0.15) is 0 Å². The van der Waals surface area contributed by atoms with Crippen molar-refractivity contribution >= 4 is 27.6 Å². The van der Waals surface area contributed by atoms with Crippen LogP contribution in [0.4, 0.5) is 0 Å². The molecule has 0 amide bonds. The van der Waals surface area contributed by atoms with Crippen LogP contribution in [0.25, 0.3) is 94.6 Å². The molecule has 0 N–H and O–H groups in total. The molecule has 0 bridgehead atoms. The van der Waals surface area contributed by atoms with Crippen molar-refractivity contribution in [2.75, 3.05) is 0 Å². The molecule has 1 heteroatoms. The fourth-order valence-electron chi connectivity index (χ4n) is 8.72. The Hall–Kier alpha value is -6.83. The van der Waals surface area contributed by atoms with Gasteiger partial charge in [0.05, 0.1) is 11.4 Å². The van der Waals surface area contributed by atoms with E-state index >= 15 is 0 Å². The Bertz CT molecular complexity index is 2840. The Morgan fingerprint density at radius 1 is 0.382 bits per heavy atom. The number of hydrogen-bond acceptors (Lipinski definition) is 1. The summed E-state index contributed by atoms with van der Waals surface area (Å²) in [6, 6.07) is 68.2. The molecule has 0 saturated carbocycles. The van der Waals surface area contributed by atoms with E-state index in [1.54, 1.807) is 0 Å². The van der Waals surface area contributed by atoms with Gasteiger partial charge in [0.25, 0.3) is 0 Å². The molecule has 0 fully saturated rings. The molecule has 0 radical (unpaired) electrons. The summed E-state index contributed by atoms with van der Waals surface area (Å²) >= 11 is 0. The largest absolute Gasteiger partial charge is 0.248 e. The molecule has 0 saturated heterocycles. The number of nitrogens with zero attached hydrogens (tertiary/aromatic N) is 1. The third-order valence-electron chi connectivity index (χ3n) is 11.3. The summed E-state index contributed by atoms with van der Waals surface area (Å²) in [5.74, 6) is 0.477. The third kappa shape index (κ3) is 5.86. The lowest BCUT2D eigenvalue weighted by Gasteiger charge is -2.23. The van der Waals surface area contributed by atoms with Gasteiger partial charge in [-0.15, -0.1) is 0 Å². The summed E-state index contributed by atoms with van der Waals surface area (Å²) in [6.07, 6.45) is 5.75. The molecule has 1 nitrogen and oxygen atoms in total. The van der Waals surface area contributed by atoms with E-state index in [4.69, 9.17) is 4.98 Å². The van der Waals surface area contributed by atoms with Crippen LogP contribution in [0.1, 0.15) is 30.4 Å². The molecule has 0 spiro atoms. The van der Waals surface area contributed by atoms with Crippen LogP contribution < -0.4 is 0 Å². The highest BCUT2D eigenvalue weighted by molar-refractivity contribution is 6.14. The van der Waals surface area contributed by atoms with Crippen molar-refractivity contribution in [1.29, 1.82) is 0 Å². The van der Waals surface area contributed by atoms with Crippen LogP contribution in [-0.4, -0.2) is 4.98 Å². The lowest BCUT2D eigenvalue weighted by Crippen LogP contribution is -2.02. The number of rotatable bonds is 6. The molecular formula is C54H39N. The number of benzene rings is 8. The quantitative estimate of drug-likeness (QED) is 0.157. The molecule has 260 valence electrons. The smallest absolute Gasteiger partial charge is 0.0715 e. The minimum Gasteiger partial charge on any atom is -0.248 e. The van der Waals surface area contributed by atoms with Crippen LogP contribution >= 0.6 is 0 Å². The summed E-state index contributed by atoms with van der Waals surface area (Å²) in [7, 11) is 0. The predicted octanol–water partition coefficient (Wildman–Crippen LogP) is 14.9. The van der Waals surface area contributed by atoms with Crippen LogP contribution in [0, 0.1) is 0 Å². The van der Waals surface area contributed by atoms with Gasteiger partial charge >= 0.3 is 0 Å². The standard InChI is InChI=1S/C54H39N/c1-36-17-16-30-49-47-28-14-15-29-48(47)51-33-39(31-32-50(51)54(36)49)41-22-8-10-24-43(41)45-26-12-13-27-46(45)44-25-11-9-23-42(44)40-34-52(37-18-4-2-5-19-37)55-53(35-40)38-20-6-3-7-21-38/h2-16,18-36H,17H2,1H3. The number of aromatic nitrogens is 1. The van der Waals surface area contributed by atoms with Gasteiger partial charge in [0.2, 0.25) is 0 Å². The second-order valence-electron chi connectivity index (χ2n) is 14.7. The van der Waals surface area contributed by atoms with Crippen molar-refractivity contribution in [3.63, 3.8) is 0 Å². The fourth-order valence-corrected chi connectivity index (χ4v) is 8.72. The zero-order valence-corrected chi connectivity index (χ0v) is 30.8. The first kappa shape index (κ1) is 32.8.